The minimum atomic E-state index is 0.00125. The van der Waals surface area contributed by atoms with E-state index in [4.69, 9.17) is 0 Å². The Kier molecular flexibility index (Phi) is 2.88. The predicted molar refractivity (Wildman–Crippen MR) is 74.4 cm³/mol. The fourth-order valence-electron chi connectivity index (χ4n) is 2.14. The average Bonchev–Trinajstić information content (AvgIpc) is 2.90. The third-order valence-electron chi connectivity index (χ3n) is 3.27. The first kappa shape index (κ1) is 11.7. The van der Waals surface area contributed by atoms with E-state index in [-0.39, 0.29) is 5.78 Å². The van der Waals surface area contributed by atoms with Gasteiger partial charge in [-0.2, -0.15) is 0 Å². The van der Waals surface area contributed by atoms with Crippen LogP contribution in [0.4, 0.5) is 0 Å². The van der Waals surface area contributed by atoms with Gasteiger partial charge in [0, 0.05) is 11.8 Å². The van der Waals surface area contributed by atoms with Crippen molar-refractivity contribution in [2.45, 2.75) is 13.3 Å². The molecule has 0 amide bonds. The Bertz CT molecular complexity index is 726. The van der Waals surface area contributed by atoms with E-state index in [0.29, 0.717) is 11.3 Å². The first-order valence-corrected chi connectivity index (χ1v) is 6.35. The van der Waals surface area contributed by atoms with Crippen LogP contribution in [0.1, 0.15) is 28.5 Å². The molecule has 94 valence electrons. The molecule has 0 spiro atoms. The second kappa shape index (κ2) is 4.69. The van der Waals surface area contributed by atoms with Gasteiger partial charge in [-0.15, -0.1) is 0 Å². The number of pyridine rings is 1. The third kappa shape index (κ3) is 2.03. The van der Waals surface area contributed by atoms with Crippen molar-refractivity contribution in [3.05, 3.63) is 71.7 Å². The van der Waals surface area contributed by atoms with Crippen molar-refractivity contribution in [2.75, 3.05) is 0 Å². The monoisotopic (exact) mass is 250 g/mol. The summed E-state index contributed by atoms with van der Waals surface area (Å²) in [5, 5.41) is 0. The molecular weight excluding hydrogens is 236 g/mol. The number of carbonyl (C=O) groups is 1. The molecule has 0 saturated heterocycles. The van der Waals surface area contributed by atoms with Gasteiger partial charge in [0.1, 0.15) is 11.3 Å². The molecule has 0 unspecified atom stereocenters. The van der Waals surface area contributed by atoms with Crippen LogP contribution in [0.15, 0.2) is 54.9 Å². The lowest BCUT2D eigenvalue weighted by atomic mass is 10.1. The molecule has 0 radical (unpaired) electrons. The zero-order valence-electron chi connectivity index (χ0n) is 10.7. The van der Waals surface area contributed by atoms with Gasteiger partial charge < -0.3 is 0 Å². The molecule has 19 heavy (non-hydrogen) atoms. The zero-order valence-corrected chi connectivity index (χ0v) is 10.7. The summed E-state index contributed by atoms with van der Waals surface area (Å²) in [5.74, 6) is 0.00125. The van der Waals surface area contributed by atoms with E-state index in [0.717, 1.165) is 12.1 Å². The van der Waals surface area contributed by atoms with E-state index in [2.05, 4.69) is 11.9 Å². The predicted octanol–water partition coefficient (Wildman–Crippen LogP) is 3.13. The highest BCUT2D eigenvalue weighted by Gasteiger charge is 2.13. The number of rotatable bonds is 3. The van der Waals surface area contributed by atoms with Crippen LogP contribution in [-0.4, -0.2) is 15.2 Å². The summed E-state index contributed by atoms with van der Waals surface area (Å²) in [6.45, 7) is 2.10. The number of aryl methyl sites for hydroxylation is 1. The number of imidazole rings is 1. The van der Waals surface area contributed by atoms with E-state index >= 15 is 0 Å². The van der Waals surface area contributed by atoms with Gasteiger partial charge in [-0.05, 0) is 24.1 Å². The van der Waals surface area contributed by atoms with Crippen molar-refractivity contribution < 1.29 is 4.79 Å². The Morgan fingerprint density at radius 2 is 1.95 bits per heavy atom. The number of benzene rings is 1. The summed E-state index contributed by atoms with van der Waals surface area (Å²) in [6.07, 6.45) is 4.46. The Morgan fingerprint density at radius 1 is 1.16 bits per heavy atom. The molecule has 0 fully saturated rings. The van der Waals surface area contributed by atoms with Crippen molar-refractivity contribution in [3.8, 4) is 0 Å². The number of fused-ring (bicyclic) bond motifs is 1. The van der Waals surface area contributed by atoms with E-state index < -0.39 is 0 Å². The minimum absolute atomic E-state index is 0.00125. The van der Waals surface area contributed by atoms with Gasteiger partial charge in [0.2, 0.25) is 5.78 Å². The number of nitrogens with zero attached hydrogens (tertiary/aromatic N) is 2. The molecule has 1 aromatic carbocycles. The molecule has 2 aromatic heterocycles. The standard InChI is InChI=1S/C16H14N2O/c1-2-12-6-8-13(9-7-12)16(19)14-11-17-15-5-3-4-10-18(14)15/h3-11H,2H2,1H3. The minimum Gasteiger partial charge on any atom is -0.297 e. The molecule has 3 aromatic rings. The fourth-order valence-corrected chi connectivity index (χ4v) is 2.14. The first-order valence-electron chi connectivity index (χ1n) is 6.35. The molecule has 3 heteroatoms. The van der Waals surface area contributed by atoms with Crippen molar-refractivity contribution in [3.63, 3.8) is 0 Å². The Balaban J connectivity index is 2.03. The highest BCUT2D eigenvalue weighted by molar-refractivity contribution is 6.08. The van der Waals surface area contributed by atoms with Gasteiger partial charge in [-0.25, -0.2) is 4.98 Å². The van der Waals surface area contributed by atoms with E-state index in [1.54, 1.807) is 6.20 Å². The number of hydrogen-bond donors (Lipinski definition) is 0. The first-order chi connectivity index (χ1) is 9.29. The van der Waals surface area contributed by atoms with E-state index in [1.165, 1.54) is 5.56 Å². The Hall–Kier alpha value is -2.42. The summed E-state index contributed by atoms with van der Waals surface area (Å²) in [5.41, 5.74) is 3.31. The maximum absolute atomic E-state index is 12.5. The highest BCUT2D eigenvalue weighted by atomic mass is 16.1. The zero-order chi connectivity index (χ0) is 13.2. The van der Waals surface area contributed by atoms with Crippen molar-refractivity contribution in [2.24, 2.45) is 0 Å². The smallest absolute Gasteiger partial charge is 0.211 e. The number of ketones is 1. The number of carbonyl (C=O) groups excluding carboxylic acids is 1. The second-order valence-electron chi connectivity index (χ2n) is 4.45. The van der Waals surface area contributed by atoms with Gasteiger partial charge in [-0.1, -0.05) is 37.3 Å². The summed E-state index contributed by atoms with van der Waals surface area (Å²) in [7, 11) is 0. The van der Waals surface area contributed by atoms with E-state index in [1.807, 2.05) is 53.1 Å². The second-order valence-corrected chi connectivity index (χ2v) is 4.45. The molecule has 0 atom stereocenters. The number of aromatic nitrogens is 2. The molecular formula is C16H14N2O. The largest absolute Gasteiger partial charge is 0.297 e. The Morgan fingerprint density at radius 3 is 2.68 bits per heavy atom. The molecule has 0 aliphatic heterocycles. The van der Waals surface area contributed by atoms with Gasteiger partial charge in [-0.3, -0.25) is 9.20 Å². The van der Waals surface area contributed by atoms with Crippen molar-refractivity contribution in [1.29, 1.82) is 0 Å². The summed E-state index contributed by atoms with van der Waals surface area (Å²) < 4.78 is 1.82. The lowest BCUT2D eigenvalue weighted by Gasteiger charge is -2.02. The molecule has 3 rings (SSSR count). The van der Waals surface area contributed by atoms with Crippen LogP contribution in [0.3, 0.4) is 0 Å². The molecule has 0 aliphatic rings. The summed E-state index contributed by atoms with van der Waals surface area (Å²) in [4.78, 5) is 16.7. The molecule has 3 nitrogen and oxygen atoms in total. The van der Waals surface area contributed by atoms with Gasteiger partial charge >= 0.3 is 0 Å². The average molecular weight is 250 g/mol. The molecule has 0 aliphatic carbocycles. The lowest BCUT2D eigenvalue weighted by Crippen LogP contribution is -2.05. The van der Waals surface area contributed by atoms with Crippen LogP contribution in [-0.2, 0) is 6.42 Å². The number of hydrogen-bond acceptors (Lipinski definition) is 2. The Labute approximate surface area is 111 Å². The third-order valence-corrected chi connectivity index (χ3v) is 3.27. The van der Waals surface area contributed by atoms with Crippen LogP contribution < -0.4 is 0 Å². The van der Waals surface area contributed by atoms with Crippen LogP contribution in [0.5, 0.6) is 0 Å². The SMILES string of the molecule is CCc1ccc(C(=O)c2cnc3ccccn23)cc1. The van der Waals surface area contributed by atoms with Gasteiger partial charge in [0.15, 0.2) is 0 Å². The summed E-state index contributed by atoms with van der Waals surface area (Å²) >= 11 is 0. The molecule has 0 saturated carbocycles. The highest BCUT2D eigenvalue weighted by Crippen LogP contribution is 2.13. The lowest BCUT2D eigenvalue weighted by molar-refractivity contribution is 0.103. The summed E-state index contributed by atoms with van der Waals surface area (Å²) in [6, 6.07) is 13.4. The van der Waals surface area contributed by atoms with Crippen molar-refractivity contribution in [1.82, 2.24) is 9.38 Å². The van der Waals surface area contributed by atoms with Gasteiger partial charge in [0.05, 0.1) is 6.20 Å². The van der Waals surface area contributed by atoms with Crippen molar-refractivity contribution >= 4 is 11.4 Å². The van der Waals surface area contributed by atoms with E-state index in [9.17, 15) is 4.79 Å². The molecule has 0 bridgehead atoms. The maximum Gasteiger partial charge on any atom is 0.211 e. The quantitative estimate of drug-likeness (QED) is 0.669. The van der Waals surface area contributed by atoms with Crippen LogP contribution in [0, 0.1) is 0 Å². The van der Waals surface area contributed by atoms with Crippen LogP contribution >= 0.6 is 0 Å². The topological polar surface area (TPSA) is 34.4 Å². The fraction of sp³-hybridized carbons (Fsp3) is 0.125. The van der Waals surface area contributed by atoms with Crippen LogP contribution in [0.2, 0.25) is 0 Å². The normalized spacial score (nSPS) is 10.8. The van der Waals surface area contributed by atoms with Gasteiger partial charge in [0.25, 0.3) is 0 Å². The maximum atomic E-state index is 12.5. The molecule has 2 heterocycles. The van der Waals surface area contributed by atoms with Crippen LogP contribution in [0.25, 0.3) is 5.65 Å². The molecule has 0 N–H and O–H groups in total.